The number of halogens is 1. The van der Waals surface area contributed by atoms with Crippen LogP contribution in [0.4, 0.5) is 3.89 Å². The second-order valence-corrected chi connectivity index (χ2v) is 3.20. The van der Waals surface area contributed by atoms with E-state index >= 15 is 0 Å². The monoisotopic (exact) mass is 202 g/mol. The maximum absolute atomic E-state index is 12.0. The Balaban J connectivity index is 2.87. The fraction of sp³-hybridized carbons (Fsp3) is 0. The average Bonchev–Trinajstić information content (AvgIpc) is 2.03. The number of rotatable bonds is 3. The Morgan fingerprint density at radius 1 is 1.31 bits per heavy atom. The SMILES string of the molecule is C=Cc1ccc(OS(=O)(=O)F)cc1. The van der Waals surface area contributed by atoms with Crippen LogP contribution in [0.25, 0.3) is 6.08 Å². The minimum atomic E-state index is -4.92. The zero-order valence-electron chi connectivity index (χ0n) is 6.60. The van der Waals surface area contributed by atoms with E-state index in [4.69, 9.17) is 0 Å². The van der Waals surface area contributed by atoms with E-state index in [-0.39, 0.29) is 5.75 Å². The number of hydrogen-bond donors (Lipinski definition) is 0. The van der Waals surface area contributed by atoms with Gasteiger partial charge in [0.25, 0.3) is 0 Å². The molecule has 5 heteroatoms. The summed E-state index contributed by atoms with van der Waals surface area (Å²) in [6, 6.07) is 5.81. The first-order chi connectivity index (χ1) is 6.01. The van der Waals surface area contributed by atoms with E-state index in [9.17, 15) is 12.3 Å². The molecule has 0 atom stereocenters. The van der Waals surface area contributed by atoms with E-state index in [1.807, 2.05) is 0 Å². The van der Waals surface area contributed by atoms with Crippen LogP contribution in [0.5, 0.6) is 5.75 Å². The Morgan fingerprint density at radius 2 is 1.85 bits per heavy atom. The largest absolute Gasteiger partial charge is 0.488 e. The summed E-state index contributed by atoms with van der Waals surface area (Å²) >= 11 is 0. The first-order valence-corrected chi connectivity index (χ1v) is 4.69. The van der Waals surface area contributed by atoms with E-state index in [2.05, 4.69) is 10.8 Å². The van der Waals surface area contributed by atoms with Crippen molar-refractivity contribution in [2.24, 2.45) is 0 Å². The molecule has 0 N–H and O–H groups in total. The van der Waals surface area contributed by atoms with Crippen LogP contribution in [-0.2, 0) is 10.5 Å². The smallest absolute Gasteiger partial charge is 0.358 e. The molecular formula is C8H7FO3S. The van der Waals surface area contributed by atoms with Gasteiger partial charge in [-0.05, 0) is 17.7 Å². The van der Waals surface area contributed by atoms with Crippen molar-refractivity contribution in [3.05, 3.63) is 36.4 Å². The Labute approximate surface area is 75.9 Å². The summed E-state index contributed by atoms with van der Waals surface area (Å²) in [6.45, 7) is 3.50. The van der Waals surface area contributed by atoms with Crippen LogP contribution in [0.3, 0.4) is 0 Å². The third-order valence-electron chi connectivity index (χ3n) is 1.31. The van der Waals surface area contributed by atoms with E-state index < -0.39 is 10.5 Å². The summed E-state index contributed by atoms with van der Waals surface area (Å²) in [6.07, 6.45) is 1.58. The molecule has 1 aromatic carbocycles. The van der Waals surface area contributed by atoms with Gasteiger partial charge in [-0.25, -0.2) is 0 Å². The minimum Gasteiger partial charge on any atom is -0.358 e. The van der Waals surface area contributed by atoms with Gasteiger partial charge in [0.2, 0.25) is 0 Å². The first-order valence-electron chi connectivity index (χ1n) is 3.38. The number of hydrogen-bond acceptors (Lipinski definition) is 3. The Kier molecular flexibility index (Phi) is 2.67. The van der Waals surface area contributed by atoms with Gasteiger partial charge in [0, 0.05) is 0 Å². The third-order valence-corrected chi connectivity index (χ3v) is 1.70. The first kappa shape index (κ1) is 9.73. The van der Waals surface area contributed by atoms with E-state index in [1.54, 1.807) is 18.2 Å². The Bertz CT molecular complexity index is 394. The molecule has 0 heterocycles. The molecule has 0 aromatic heterocycles. The summed E-state index contributed by atoms with van der Waals surface area (Å²) in [4.78, 5) is 0. The van der Waals surface area contributed by atoms with Gasteiger partial charge in [0.15, 0.2) is 0 Å². The van der Waals surface area contributed by atoms with Gasteiger partial charge in [0.1, 0.15) is 5.75 Å². The van der Waals surface area contributed by atoms with Gasteiger partial charge in [-0.2, -0.15) is 8.42 Å². The van der Waals surface area contributed by atoms with Crippen molar-refractivity contribution >= 4 is 16.6 Å². The minimum absolute atomic E-state index is 0.0619. The summed E-state index contributed by atoms with van der Waals surface area (Å²) in [5.41, 5.74) is 0.795. The molecule has 3 nitrogen and oxygen atoms in total. The van der Waals surface area contributed by atoms with Crippen molar-refractivity contribution in [1.29, 1.82) is 0 Å². The molecule has 0 saturated carbocycles. The quantitative estimate of drug-likeness (QED) is 0.703. The van der Waals surface area contributed by atoms with Crippen molar-refractivity contribution in [2.75, 3.05) is 0 Å². The standard InChI is InChI=1S/C8H7FO3S/c1-2-7-3-5-8(6-4-7)12-13(9,10)11/h2-6H,1H2. The highest BCUT2D eigenvalue weighted by Gasteiger charge is 2.08. The second-order valence-electron chi connectivity index (χ2n) is 2.25. The van der Waals surface area contributed by atoms with Crippen molar-refractivity contribution < 1.29 is 16.5 Å². The molecule has 1 aromatic rings. The molecular weight excluding hydrogens is 195 g/mol. The molecule has 0 aliphatic rings. The van der Waals surface area contributed by atoms with Crippen LogP contribution in [0.1, 0.15) is 5.56 Å². The van der Waals surface area contributed by atoms with Crippen LogP contribution in [0.15, 0.2) is 30.8 Å². The van der Waals surface area contributed by atoms with Gasteiger partial charge in [0.05, 0.1) is 0 Å². The van der Waals surface area contributed by atoms with E-state index in [0.717, 1.165) is 5.56 Å². The average molecular weight is 202 g/mol. The molecule has 0 fully saturated rings. The molecule has 1 rings (SSSR count). The van der Waals surface area contributed by atoms with E-state index in [1.165, 1.54) is 12.1 Å². The van der Waals surface area contributed by atoms with Crippen LogP contribution in [0.2, 0.25) is 0 Å². The zero-order chi connectivity index (χ0) is 9.90. The van der Waals surface area contributed by atoms with Gasteiger partial charge in [-0.15, -0.1) is 0 Å². The van der Waals surface area contributed by atoms with Crippen molar-refractivity contribution in [3.63, 3.8) is 0 Å². The van der Waals surface area contributed by atoms with Crippen LogP contribution in [0, 0.1) is 0 Å². The van der Waals surface area contributed by atoms with Gasteiger partial charge in [-0.3, -0.25) is 0 Å². The molecule has 70 valence electrons. The lowest BCUT2D eigenvalue weighted by molar-refractivity contribution is 0.440. The van der Waals surface area contributed by atoms with Crippen molar-refractivity contribution in [3.8, 4) is 5.75 Å². The highest BCUT2D eigenvalue weighted by atomic mass is 32.3. The summed E-state index contributed by atoms with van der Waals surface area (Å²) < 4.78 is 36.1. The maximum atomic E-state index is 12.0. The lowest BCUT2D eigenvalue weighted by Crippen LogP contribution is -2.00. The van der Waals surface area contributed by atoms with Crippen LogP contribution < -0.4 is 4.18 Å². The normalized spacial score (nSPS) is 10.8. The highest BCUT2D eigenvalue weighted by molar-refractivity contribution is 7.81. The topological polar surface area (TPSA) is 43.4 Å². The van der Waals surface area contributed by atoms with Gasteiger partial charge >= 0.3 is 10.5 Å². The fourth-order valence-corrected chi connectivity index (χ4v) is 1.12. The molecule has 13 heavy (non-hydrogen) atoms. The highest BCUT2D eigenvalue weighted by Crippen LogP contribution is 2.15. The Hall–Kier alpha value is -1.36. The second kappa shape index (κ2) is 3.57. The third kappa shape index (κ3) is 3.25. The van der Waals surface area contributed by atoms with Crippen molar-refractivity contribution in [1.82, 2.24) is 0 Å². The fourth-order valence-electron chi connectivity index (χ4n) is 0.774. The molecule has 0 aliphatic heterocycles. The summed E-state index contributed by atoms with van der Waals surface area (Å²) in [7, 11) is -4.92. The molecule has 0 bridgehead atoms. The van der Waals surface area contributed by atoms with Crippen LogP contribution in [-0.4, -0.2) is 8.42 Å². The van der Waals surface area contributed by atoms with Gasteiger partial charge in [-0.1, -0.05) is 28.7 Å². The molecule has 0 radical (unpaired) electrons. The predicted molar refractivity (Wildman–Crippen MR) is 47.2 cm³/mol. The number of benzene rings is 1. The molecule has 0 aliphatic carbocycles. The zero-order valence-corrected chi connectivity index (χ0v) is 7.42. The molecule has 0 saturated heterocycles. The predicted octanol–water partition coefficient (Wildman–Crippen LogP) is 1.92. The van der Waals surface area contributed by atoms with Crippen LogP contribution >= 0.6 is 0 Å². The molecule has 0 spiro atoms. The van der Waals surface area contributed by atoms with Gasteiger partial charge < -0.3 is 4.18 Å². The molecule has 0 unspecified atom stereocenters. The van der Waals surface area contributed by atoms with Crippen molar-refractivity contribution in [2.45, 2.75) is 0 Å². The summed E-state index contributed by atoms with van der Waals surface area (Å²) in [5.74, 6) is -0.0619. The van der Waals surface area contributed by atoms with E-state index in [0.29, 0.717) is 0 Å². The Morgan fingerprint density at radius 3 is 2.23 bits per heavy atom. The molecule has 0 amide bonds. The maximum Gasteiger partial charge on any atom is 0.488 e. The lowest BCUT2D eigenvalue weighted by Gasteiger charge is -1.99. The summed E-state index contributed by atoms with van der Waals surface area (Å²) in [5, 5.41) is 0. The lowest BCUT2D eigenvalue weighted by atomic mass is 10.2.